The highest BCUT2D eigenvalue weighted by atomic mass is 16.5. The zero-order chi connectivity index (χ0) is 17.0. The molecule has 122 valence electrons. The van der Waals surface area contributed by atoms with Crippen molar-refractivity contribution in [2.75, 3.05) is 6.61 Å². The molecule has 1 heteroatoms. The summed E-state index contributed by atoms with van der Waals surface area (Å²) in [6.45, 7) is 17.7. The van der Waals surface area contributed by atoms with Gasteiger partial charge in [0.05, 0.1) is 13.2 Å². The second kappa shape index (κ2) is 11.0. The van der Waals surface area contributed by atoms with E-state index < -0.39 is 0 Å². The Bertz CT molecular complexity index is 470. The summed E-state index contributed by atoms with van der Waals surface area (Å²) in [6, 6.07) is 8.68. The van der Waals surface area contributed by atoms with Crippen molar-refractivity contribution in [2.24, 2.45) is 0 Å². The van der Waals surface area contributed by atoms with Crippen LogP contribution in [0, 0.1) is 0 Å². The zero-order valence-corrected chi connectivity index (χ0v) is 15.1. The lowest BCUT2D eigenvalue weighted by atomic mass is 9.87. The van der Waals surface area contributed by atoms with Crippen LogP contribution in [0.25, 0.3) is 0 Å². The van der Waals surface area contributed by atoms with Crippen LogP contribution in [0.5, 0.6) is 0 Å². The van der Waals surface area contributed by atoms with Gasteiger partial charge in [0.2, 0.25) is 0 Å². The number of benzene rings is 1. The van der Waals surface area contributed by atoms with E-state index in [2.05, 4.69) is 58.5 Å². The first-order valence-corrected chi connectivity index (χ1v) is 8.05. The third-order valence-electron chi connectivity index (χ3n) is 3.05. The molecule has 0 N–H and O–H groups in total. The van der Waals surface area contributed by atoms with E-state index in [0.717, 1.165) is 0 Å². The topological polar surface area (TPSA) is 9.23 Å². The molecule has 1 nitrogen and oxygen atoms in total. The van der Waals surface area contributed by atoms with E-state index in [-0.39, 0.29) is 5.41 Å². The highest BCUT2D eigenvalue weighted by Gasteiger charge is 2.12. The molecule has 0 bridgehead atoms. The van der Waals surface area contributed by atoms with Gasteiger partial charge in [0.25, 0.3) is 0 Å². The van der Waals surface area contributed by atoms with Crippen LogP contribution >= 0.6 is 0 Å². The normalized spacial score (nSPS) is 12.0. The summed E-state index contributed by atoms with van der Waals surface area (Å²) in [5.74, 6) is 0. The molecule has 0 aliphatic rings. The predicted molar refractivity (Wildman–Crippen MR) is 99.2 cm³/mol. The number of allylic oxidation sites excluding steroid dienone is 4. The number of hydrogen-bond donors (Lipinski definition) is 0. The summed E-state index contributed by atoms with van der Waals surface area (Å²) in [4.78, 5) is 0. The molecule has 0 radical (unpaired) electrons. The summed E-state index contributed by atoms with van der Waals surface area (Å²) in [5, 5.41) is 0. The smallest absolute Gasteiger partial charge is 0.0721 e. The molecule has 22 heavy (non-hydrogen) atoms. The monoisotopic (exact) mass is 300 g/mol. The largest absolute Gasteiger partial charge is 0.372 e. The summed E-state index contributed by atoms with van der Waals surface area (Å²) < 4.78 is 5.71. The predicted octanol–water partition coefficient (Wildman–Crippen LogP) is 6.22. The number of ether oxygens (including phenoxy) is 1. The van der Waals surface area contributed by atoms with Gasteiger partial charge >= 0.3 is 0 Å². The van der Waals surface area contributed by atoms with E-state index in [0.29, 0.717) is 13.2 Å². The fourth-order valence-electron chi connectivity index (χ4n) is 1.78. The van der Waals surface area contributed by atoms with Crippen LogP contribution in [-0.4, -0.2) is 6.61 Å². The Morgan fingerprint density at radius 2 is 1.68 bits per heavy atom. The Balaban J connectivity index is 0.00000211. The minimum absolute atomic E-state index is 0.205. The van der Waals surface area contributed by atoms with Crippen molar-refractivity contribution in [3.8, 4) is 0 Å². The molecule has 0 fully saturated rings. The average Bonchev–Trinajstić information content (AvgIpc) is 2.49. The average molecular weight is 300 g/mol. The molecule has 0 saturated heterocycles. The highest BCUT2D eigenvalue weighted by Crippen LogP contribution is 2.22. The van der Waals surface area contributed by atoms with Crippen molar-refractivity contribution < 1.29 is 4.74 Å². The first-order chi connectivity index (χ1) is 10.4. The van der Waals surface area contributed by atoms with Crippen molar-refractivity contribution in [1.82, 2.24) is 0 Å². The van der Waals surface area contributed by atoms with Gasteiger partial charge in [0, 0.05) is 0 Å². The lowest BCUT2D eigenvalue weighted by Crippen LogP contribution is -2.10. The van der Waals surface area contributed by atoms with Crippen LogP contribution < -0.4 is 0 Å². The maximum atomic E-state index is 5.71. The molecular formula is C21H32O. The molecule has 0 heterocycles. The van der Waals surface area contributed by atoms with Gasteiger partial charge in [0.15, 0.2) is 0 Å². The standard InChI is InChI=1S/C19H26O.C2H6/c1-6-7-8-9-16(2)14-20-15-17-10-12-18(13-11-17)19(3,4)5;1-2/h6-13H,1,14-15H2,2-5H3;1-2H3/b8-7-,16-9+;. The van der Waals surface area contributed by atoms with Gasteiger partial charge in [0.1, 0.15) is 0 Å². The van der Waals surface area contributed by atoms with Crippen molar-refractivity contribution in [3.63, 3.8) is 0 Å². The van der Waals surface area contributed by atoms with Gasteiger partial charge < -0.3 is 4.74 Å². The fraction of sp³-hybridized carbons (Fsp3) is 0.429. The molecule has 0 spiro atoms. The van der Waals surface area contributed by atoms with Gasteiger partial charge in [-0.2, -0.15) is 0 Å². The molecule has 1 aromatic carbocycles. The first kappa shape index (κ1) is 20.4. The Kier molecular flexibility index (Phi) is 10.2. The Morgan fingerprint density at radius 1 is 1.09 bits per heavy atom. The first-order valence-electron chi connectivity index (χ1n) is 8.05. The summed E-state index contributed by atoms with van der Waals surface area (Å²) in [5.41, 5.74) is 3.98. The third-order valence-corrected chi connectivity index (χ3v) is 3.05. The van der Waals surface area contributed by atoms with Crippen molar-refractivity contribution in [1.29, 1.82) is 0 Å². The molecule has 0 saturated carbocycles. The summed E-state index contributed by atoms with van der Waals surface area (Å²) in [7, 11) is 0. The van der Waals surface area contributed by atoms with Crippen LogP contribution in [0.2, 0.25) is 0 Å². The molecule has 1 rings (SSSR count). The van der Waals surface area contributed by atoms with Gasteiger partial charge in [-0.25, -0.2) is 0 Å². The Morgan fingerprint density at radius 3 is 2.18 bits per heavy atom. The summed E-state index contributed by atoms with van der Waals surface area (Å²) in [6.07, 6.45) is 7.70. The molecule has 1 aromatic rings. The number of hydrogen-bond acceptors (Lipinski definition) is 1. The second-order valence-corrected chi connectivity index (χ2v) is 6.07. The van der Waals surface area contributed by atoms with Crippen LogP contribution in [0.4, 0.5) is 0 Å². The molecule has 0 atom stereocenters. The fourth-order valence-corrected chi connectivity index (χ4v) is 1.78. The van der Waals surface area contributed by atoms with E-state index in [4.69, 9.17) is 4.74 Å². The van der Waals surface area contributed by atoms with Gasteiger partial charge in [-0.3, -0.25) is 0 Å². The van der Waals surface area contributed by atoms with Gasteiger partial charge in [-0.15, -0.1) is 0 Å². The van der Waals surface area contributed by atoms with Crippen molar-refractivity contribution in [3.05, 3.63) is 71.8 Å². The van der Waals surface area contributed by atoms with Crippen LogP contribution in [0.3, 0.4) is 0 Å². The minimum Gasteiger partial charge on any atom is -0.372 e. The lowest BCUT2D eigenvalue weighted by Gasteiger charge is -2.19. The zero-order valence-electron chi connectivity index (χ0n) is 15.1. The molecule has 0 unspecified atom stereocenters. The third kappa shape index (κ3) is 8.63. The van der Waals surface area contributed by atoms with Crippen LogP contribution in [-0.2, 0) is 16.8 Å². The lowest BCUT2D eigenvalue weighted by molar-refractivity contribution is 0.142. The van der Waals surface area contributed by atoms with E-state index >= 15 is 0 Å². The summed E-state index contributed by atoms with van der Waals surface area (Å²) >= 11 is 0. The van der Waals surface area contributed by atoms with Gasteiger partial charge in [-0.05, 0) is 29.0 Å². The second-order valence-electron chi connectivity index (χ2n) is 6.07. The highest BCUT2D eigenvalue weighted by molar-refractivity contribution is 5.27. The van der Waals surface area contributed by atoms with E-state index in [1.54, 1.807) is 6.08 Å². The Labute approximate surface area is 137 Å². The molecule has 0 amide bonds. The molecule has 0 aromatic heterocycles. The van der Waals surface area contributed by atoms with Crippen LogP contribution in [0.1, 0.15) is 52.7 Å². The quantitative estimate of drug-likeness (QED) is 0.567. The minimum atomic E-state index is 0.205. The van der Waals surface area contributed by atoms with Crippen molar-refractivity contribution >= 4 is 0 Å². The van der Waals surface area contributed by atoms with E-state index in [1.807, 2.05) is 32.1 Å². The molecule has 0 aliphatic carbocycles. The molecule has 0 aliphatic heterocycles. The van der Waals surface area contributed by atoms with Gasteiger partial charge in [-0.1, -0.05) is 89.8 Å². The number of rotatable bonds is 6. The van der Waals surface area contributed by atoms with E-state index in [9.17, 15) is 0 Å². The van der Waals surface area contributed by atoms with Crippen LogP contribution in [0.15, 0.2) is 60.7 Å². The maximum absolute atomic E-state index is 5.71. The molecular weight excluding hydrogens is 268 g/mol. The maximum Gasteiger partial charge on any atom is 0.0721 e. The van der Waals surface area contributed by atoms with E-state index in [1.165, 1.54) is 16.7 Å². The SMILES string of the molecule is C=C/C=C\C=C(/C)COCc1ccc(C(C)(C)C)cc1.CC. The Hall–Kier alpha value is -1.60. The van der Waals surface area contributed by atoms with Crippen molar-refractivity contribution in [2.45, 2.75) is 53.6 Å².